The van der Waals surface area contributed by atoms with Gasteiger partial charge in [-0.3, -0.25) is 19.6 Å². The van der Waals surface area contributed by atoms with Crippen LogP contribution < -0.4 is 24.8 Å². The maximum atomic E-state index is 12.1. The lowest BCUT2D eigenvalue weighted by atomic mass is 9.89. The van der Waals surface area contributed by atoms with Crippen LogP contribution in [0.4, 0.5) is 0 Å². The molecule has 0 bridgehead atoms. The Kier molecular flexibility index (Phi) is 14.2. The predicted octanol–water partition coefficient (Wildman–Crippen LogP) is 7.35. The Morgan fingerprint density at radius 3 is 2.41 bits per heavy atom. The number of halogens is 1. The number of hydrogen-bond donors (Lipinski definition) is 4. The molecule has 0 fully saturated rings. The van der Waals surface area contributed by atoms with Gasteiger partial charge in [0.15, 0.2) is 6.61 Å². The maximum absolute atomic E-state index is 12.1. The highest BCUT2D eigenvalue weighted by Crippen LogP contribution is 2.38. The highest BCUT2D eigenvalue weighted by atomic mass is 35.5. The molecule has 1 atom stereocenters. The first-order valence-corrected chi connectivity index (χ1v) is 19.7. The second kappa shape index (κ2) is 19.8. The number of pyridine rings is 1. The monoisotopic (exact) mass is 815 g/mol. The zero-order chi connectivity index (χ0) is 41.9. The lowest BCUT2D eigenvalue weighted by Gasteiger charge is -2.19. The fourth-order valence-corrected chi connectivity index (χ4v) is 7.20. The predicted molar refractivity (Wildman–Crippen MR) is 226 cm³/mol. The second-order valence-electron chi connectivity index (χ2n) is 14.2. The van der Waals surface area contributed by atoms with E-state index in [9.17, 15) is 20.0 Å². The van der Waals surface area contributed by atoms with Crippen LogP contribution in [0.25, 0.3) is 22.3 Å². The topological polar surface area (TPSA) is 175 Å². The number of nitrogens with zero attached hydrogens (tertiary/aromatic N) is 3. The summed E-state index contributed by atoms with van der Waals surface area (Å²) in [4.78, 5) is 31.8. The number of amides is 1. The number of rotatable bonds is 18. The van der Waals surface area contributed by atoms with E-state index in [-0.39, 0.29) is 32.1 Å². The van der Waals surface area contributed by atoms with Crippen molar-refractivity contribution >= 4 is 29.3 Å². The Morgan fingerprint density at radius 2 is 1.66 bits per heavy atom. The van der Waals surface area contributed by atoms with Gasteiger partial charge in [-0.25, -0.2) is 0 Å². The van der Waals surface area contributed by atoms with E-state index >= 15 is 0 Å². The molecular weight excluding hydrogens is 770 g/mol. The van der Waals surface area contributed by atoms with Crippen LogP contribution in [-0.4, -0.2) is 65.8 Å². The van der Waals surface area contributed by atoms with Crippen molar-refractivity contribution in [2.45, 2.75) is 58.8 Å². The Bertz CT molecular complexity index is 2410. The van der Waals surface area contributed by atoms with E-state index in [1.165, 1.54) is 6.20 Å². The van der Waals surface area contributed by atoms with Crippen molar-refractivity contribution in [1.82, 2.24) is 15.6 Å². The number of nitriles is 1. The summed E-state index contributed by atoms with van der Waals surface area (Å²) in [6, 6.07) is 25.6. The molecule has 1 aromatic heterocycles. The SMILES string of the molecule is CNC(=O)COc1cc(-c2cccc(-c3cccc(COc4cc(OCc5cncc(C#N)c5)c(CCC[C@@H](O)CC(=O)O)cc4Cl)c3C)c2C)ccc1C1=NCCN1. The van der Waals surface area contributed by atoms with Crippen LogP contribution in [0.15, 0.2) is 90.2 Å². The van der Waals surface area contributed by atoms with Crippen molar-refractivity contribution in [2.75, 3.05) is 26.7 Å². The maximum Gasteiger partial charge on any atom is 0.305 e. The van der Waals surface area contributed by atoms with Gasteiger partial charge in [0.1, 0.15) is 42.4 Å². The number of aliphatic hydroxyl groups is 1. The molecule has 0 spiro atoms. The summed E-state index contributed by atoms with van der Waals surface area (Å²) in [5, 5.41) is 34.8. The van der Waals surface area contributed by atoms with E-state index in [1.54, 1.807) is 31.4 Å². The number of carboxylic acids is 1. The van der Waals surface area contributed by atoms with Crippen molar-refractivity contribution < 1.29 is 34.0 Å². The fraction of sp³-hybridized carbons (Fsp3) is 0.283. The van der Waals surface area contributed by atoms with Gasteiger partial charge < -0.3 is 35.1 Å². The van der Waals surface area contributed by atoms with Gasteiger partial charge in [-0.05, 0) is 102 Å². The largest absolute Gasteiger partial charge is 0.488 e. The molecule has 0 aliphatic carbocycles. The van der Waals surface area contributed by atoms with Gasteiger partial charge in [0.05, 0.1) is 35.2 Å². The van der Waals surface area contributed by atoms with E-state index < -0.39 is 12.1 Å². The summed E-state index contributed by atoms with van der Waals surface area (Å²) < 4.78 is 18.6. The van der Waals surface area contributed by atoms with Crippen LogP contribution >= 0.6 is 11.6 Å². The summed E-state index contributed by atoms with van der Waals surface area (Å²) >= 11 is 6.81. The number of aliphatic hydroxyl groups excluding tert-OH is 1. The van der Waals surface area contributed by atoms with Crippen molar-refractivity contribution in [3.05, 3.63) is 129 Å². The minimum Gasteiger partial charge on any atom is -0.488 e. The van der Waals surface area contributed by atoms with Crippen LogP contribution in [0.5, 0.6) is 17.2 Å². The minimum atomic E-state index is -1.06. The first-order chi connectivity index (χ1) is 28.5. The zero-order valence-electron chi connectivity index (χ0n) is 33.2. The molecule has 0 unspecified atom stereocenters. The van der Waals surface area contributed by atoms with Crippen LogP contribution in [0, 0.1) is 25.2 Å². The van der Waals surface area contributed by atoms with Crippen LogP contribution in [-0.2, 0) is 29.2 Å². The third kappa shape index (κ3) is 10.8. The number of ether oxygens (including phenoxy) is 3. The molecule has 1 amide bonds. The highest BCUT2D eigenvalue weighted by Gasteiger charge is 2.19. The number of carboxylic acid groups (broad SMARTS) is 1. The Labute approximate surface area is 348 Å². The van der Waals surface area contributed by atoms with Crippen LogP contribution in [0.3, 0.4) is 0 Å². The number of aliphatic imine (C=N–C) groups is 1. The highest BCUT2D eigenvalue weighted by molar-refractivity contribution is 6.32. The third-order valence-electron chi connectivity index (χ3n) is 10.1. The number of carbonyl (C=O) groups excluding carboxylic acids is 1. The molecule has 0 saturated carbocycles. The number of hydrogen-bond acceptors (Lipinski definition) is 10. The molecule has 5 aromatic rings. The van der Waals surface area contributed by atoms with Crippen molar-refractivity contribution in [3.8, 4) is 45.6 Å². The van der Waals surface area contributed by atoms with Gasteiger partial charge in [-0.1, -0.05) is 54.1 Å². The van der Waals surface area contributed by atoms with E-state index in [0.29, 0.717) is 59.2 Å². The van der Waals surface area contributed by atoms with Gasteiger partial charge >= 0.3 is 5.97 Å². The van der Waals surface area contributed by atoms with Gasteiger partial charge in [0.2, 0.25) is 0 Å². The van der Waals surface area contributed by atoms with Gasteiger partial charge in [0, 0.05) is 37.6 Å². The van der Waals surface area contributed by atoms with Crippen LogP contribution in [0.2, 0.25) is 5.02 Å². The molecule has 13 heteroatoms. The molecular formula is C46H46ClN5O7. The van der Waals surface area contributed by atoms with Gasteiger partial charge in [-0.15, -0.1) is 0 Å². The van der Waals surface area contributed by atoms with Crippen molar-refractivity contribution in [1.29, 1.82) is 5.26 Å². The fourth-order valence-electron chi connectivity index (χ4n) is 6.96. The number of aryl methyl sites for hydroxylation is 1. The molecule has 12 nitrogen and oxygen atoms in total. The molecule has 1 aliphatic rings. The number of aromatic nitrogens is 1. The molecule has 0 radical (unpaired) electrons. The summed E-state index contributed by atoms with van der Waals surface area (Å²) in [6.07, 6.45) is 3.09. The molecule has 304 valence electrons. The molecule has 2 heterocycles. The number of nitrogens with one attached hydrogen (secondary N) is 2. The van der Waals surface area contributed by atoms with E-state index in [4.69, 9.17) is 30.9 Å². The second-order valence-corrected chi connectivity index (χ2v) is 14.6. The molecule has 4 aromatic carbocycles. The number of aliphatic carboxylic acids is 1. The number of carbonyl (C=O) groups is 2. The summed E-state index contributed by atoms with van der Waals surface area (Å²) in [5.74, 6) is 0.960. The molecule has 1 aliphatic heterocycles. The molecule has 4 N–H and O–H groups in total. The molecule has 59 heavy (non-hydrogen) atoms. The van der Waals surface area contributed by atoms with Crippen molar-refractivity contribution in [3.63, 3.8) is 0 Å². The van der Waals surface area contributed by atoms with E-state index in [0.717, 1.165) is 62.5 Å². The molecule has 6 rings (SSSR count). The Balaban J connectivity index is 1.24. The van der Waals surface area contributed by atoms with E-state index in [2.05, 4.69) is 58.7 Å². The number of likely N-dealkylation sites (N-methyl/N-ethyl adjacent to an activating group) is 1. The quantitative estimate of drug-likeness (QED) is 0.0700. The lowest BCUT2D eigenvalue weighted by molar-refractivity contribution is -0.139. The minimum absolute atomic E-state index is 0.117. The first-order valence-electron chi connectivity index (χ1n) is 19.3. The molecule has 0 saturated heterocycles. The number of amidine groups is 1. The summed E-state index contributed by atoms with van der Waals surface area (Å²) in [5.41, 5.74) is 9.83. The Hall–Kier alpha value is -6.42. The number of benzene rings is 4. The first kappa shape index (κ1) is 42.2. The lowest BCUT2D eigenvalue weighted by Crippen LogP contribution is -2.26. The standard InChI is InChI=1S/C46H46ClN5O7/c1-28-34(26-58-43-21-41(57-25-31-17-30(22-48)23-50-24-31)33(18-40(43)47)7-4-9-35(53)20-45(55)56)8-5-11-37(28)38-12-6-10-36(29(38)2)32-13-14-39(46-51-15-16-52-46)42(19-32)59-27-44(54)49-3/h5-6,8,10-14,17-19,21,23-24,35,53H,4,7,9,15-16,20,25-27H2,1-3H3,(H,49,54)(H,51,52)(H,55,56)/t35-/m1/s1. The average Bonchev–Trinajstić information content (AvgIpc) is 3.77. The Morgan fingerprint density at radius 1 is 0.898 bits per heavy atom. The normalized spacial score (nSPS) is 12.5. The van der Waals surface area contributed by atoms with Gasteiger partial charge in [0.25, 0.3) is 5.91 Å². The average molecular weight is 816 g/mol. The summed E-state index contributed by atoms with van der Waals surface area (Å²) in [6.45, 7) is 5.82. The van der Waals surface area contributed by atoms with Crippen molar-refractivity contribution in [2.24, 2.45) is 4.99 Å². The van der Waals surface area contributed by atoms with E-state index in [1.807, 2.05) is 36.4 Å². The zero-order valence-corrected chi connectivity index (χ0v) is 33.9. The van der Waals surface area contributed by atoms with Crippen LogP contribution in [0.1, 0.15) is 58.2 Å². The summed E-state index contributed by atoms with van der Waals surface area (Å²) in [7, 11) is 1.58. The third-order valence-corrected chi connectivity index (χ3v) is 10.4. The van der Waals surface area contributed by atoms with Gasteiger partial charge in [-0.2, -0.15) is 5.26 Å². The smallest absolute Gasteiger partial charge is 0.305 e.